The number of carboxylic acids is 1. The first-order valence-corrected chi connectivity index (χ1v) is 10.2. The molecule has 0 aromatic heterocycles. The molecule has 1 N–H and O–H groups in total. The van der Waals surface area contributed by atoms with Gasteiger partial charge in [0.05, 0.1) is 18.9 Å². The molecule has 1 saturated heterocycles. The lowest BCUT2D eigenvalue weighted by Gasteiger charge is -2.34. The van der Waals surface area contributed by atoms with Crippen LogP contribution in [-0.4, -0.2) is 42.4 Å². The molecule has 0 saturated carbocycles. The summed E-state index contributed by atoms with van der Waals surface area (Å²) in [6.07, 6.45) is 6.31. The Morgan fingerprint density at radius 2 is 1.89 bits per heavy atom. The van der Waals surface area contributed by atoms with Crippen molar-refractivity contribution >= 4 is 11.7 Å². The van der Waals surface area contributed by atoms with Crippen LogP contribution in [0.2, 0.25) is 0 Å². The molecule has 28 heavy (non-hydrogen) atoms. The van der Waals surface area contributed by atoms with Crippen molar-refractivity contribution in [2.45, 2.75) is 65.1 Å². The van der Waals surface area contributed by atoms with Gasteiger partial charge >= 0.3 is 5.97 Å². The van der Waals surface area contributed by atoms with Crippen molar-refractivity contribution in [1.82, 2.24) is 0 Å². The van der Waals surface area contributed by atoms with Crippen molar-refractivity contribution in [2.24, 2.45) is 11.1 Å². The molecule has 0 bridgehead atoms. The van der Waals surface area contributed by atoms with E-state index in [0.717, 1.165) is 37.0 Å². The van der Waals surface area contributed by atoms with Crippen LogP contribution in [0, 0.1) is 5.92 Å². The molecule has 6 nitrogen and oxygen atoms in total. The van der Waals surface area contributed by atoms with Gasteiger partial charge < -0.3 is 19.4 Å². The lowest BCUT2D eigenvalue weighted by atomic mass is 10.0. The molecule has 2 rings (SSSR count). The summed E-state index contributed by atoms with van der Waals surface area (Å²) in [4.78, 5) is 16.5. The highest BCUT2D eigenvalue weighted by Crippen LogP contribution is 2.24. The molecular formula is C22H33NO5. The Labute approximate surface area is 167 Å². The average Bonchev–Trinajstić information content (AvgIpc) is 2.70. The van der Waals surface area contributed by atoms with Crippen molar-refractivity contribution in [1.29, 1.82) is 0 Å². The second-order valence-electron chi connectivity index (χ2n) is 7.55. The predicted molar refractivity (Wildman–Crippen MR) is 109 cm³/mol. The van der Waals surface area contributed by atoms with Crippen LogP contribution >= 0.6 is 0 Å². The summed E-state index contributed by atoms with van der Waals surface area (Å²) in [6.45, 7) is 6.99. The molecule has 1 aliphatic heterocycles. The van der Waals surface area contributed by atoms with Gasteiger partial charge in [0, 0.05) is 12.8 Å². The van der Waals surface area contributed by atoms with E-state index in [0.29, 0.717) is 19.8 Å². The van der Waals surface area contributed by atoms with E-state index in [9.17, 15) is 4.79 Å². The van der Waals surface area contributed by atoms with E-state index in [1.54, 1.807) is 0 Å². The number of carbonyl (C=O) groups is 1. The zero-order valence-electron chi connectivity index (χ0n) is 17.3. The van der Waals surface area contributed by atoms with Gasteiger partial charge in [-0.1, -0.05) is 42.8 Å². The first-order valence-electron chi connectivity index (χ1n) is 10.2. The molecule has 1 aromatic rings. The van der Waals surface area contributed by atoms with E-state index in [1.165, 1.54) is 25.3 Å². The molecule has 156 valence electrons. The van der Waals surface area contributed by atoms with E-state index in [-0.39, 0.29) is 5.92 Å². The molecule has 0 unspecified atom stereocenters. The third kappa shape index (κ3) is 6.91. The van der Waals surface area contributed by atoms with E-state index in [1.807, 2.05) is 6.92 Å². The van der Waals surface area contributed by atoms with Crippen LogP contribution in [-0.2, 0) is 25.5 Å². The Bertz CT molecular complexity index is 633. The van der Waals surface area contributed by atoms with Gasteiger partial charge in [-0.05, 0) is 50.2 Å². The molecule has 1 fully saturated rings. The van der Waals surface area contributed by atoms with Crippen LogP contribution in [0.25, 0.3) is 0 Å². The Hall–Kier alpha value is -1.92. The molecular weight excluding hydrogens is 358 g/mol. The maximum Gasteiger partial charge on any atom is 0.364 e. The number of hydrogen-bond donors (Lipinski definition) is 1. The fraction of sp³-hybridized carbons (Fsp3) is 0.636. The third-order valence-corrected chi connectivity index (χ3v) is 5.07. The second-order valence-corrected chi connectivity index (χ2v) is 7.55. The third-order valence-electron chi connectivity index (χ3n) is 5.07. The van der Waals surface area contributed by atoms with E-state index in [2.05, 4.69) is 36.3 Å². The van der Waals surface area contributed by atoms with Gasteiger partial charge in [-0.25, -0.2) is 4.79 Å². The lowest BCUT2D eigenvalue weighted by molar-refractivity contribution is -0.271. The maximum atomic E-state index is 11.1. The van der Waals surface area contributed by atoms with Crippen LogP contribution < -0.4 is 0 Å². The zero-order valence-corrected chi connectivity index (χ0v) is 17.3. The number of oxime groups is 1. The monoisotopic (exact) mass is 391 g/mol. The quantitative estimate of drug-likeness (QED) is 0.344. The number of unbranched alkanes of at least 4 members (excludes halogenated alkanes) is 2. The summed E-state index contributed by atoms with van der Waals surface area (Å²) in [5, 5.41) is 13.3. The fourth-order valence-corrected chi connectivity index (χ4v) is 3.02. The van der Waals surface area contributed by atoms with Crippen molar-refractivity contribution < 1.29 is 24.2 Å². The number of aryl methyl sites for hydroxylation is 1. The highest BCUT2D eigenvalue weighted by molar-refractivity contribution is 5.98. The van der Waals surface area contributed by atoms with Crippen molar-refractivity contribution in [3.8, 4) is 0 Å². The molecule has 6 heteroatoms. The number of carboxylic acid groups (broad SMARTS) is 1. The normalized spacial score (nSPS) is 22.8. The Morgan fingerprint density at radius 1 is 1.21 bits per heavy atom. The first-order chi connectivity index (χ1) is 13.4. The largest absolute Gasteiger partial charge is 0.477 e. The molecule has 0 spiro atoms. The van der Waals surface area contributed by atoms with Gasteiger partial charge in [0.1, 0.15) is 6.61 Å². The van der Waals surface area contributed by atoms with Crippen LogP contribution in [0.4, 0.5) is 0 Å². The molecule has 1 heterocycles. The van der Waals surface area contributed by atoms with Crippen LogP contribution in [0.15, 0.2) is 29.4 Å². The SMILES string of the molecule is CCCCc1ccc(C(C)=NOCCCCC2COC(C)(C(=O)O)OC2)cc1. The molecule has 1 aliphatic rings. The standard InChI is InChI=1S/C22H33NO5/c1-4-5-8-18-10-12-20(13-11-18)17(2)23-28-14-7-6-9-19-15-26-22(3,21(24)25)27-16-19/h10-13,19H,4-9,14-16H2,1-3H3,(H,24,25). The van der Waals surface area contributed by atoms with Gasteiger partial charge in [0.2, 0.25) is 0 Å². The average molecular weight is 392 g/mol. The van der Waals surface area contributed by atoms with E-state index < -0.39 is 11.8 Å². The Balaban J connectivity index is 1.61. The molecule has 1 aromatic carbocycles. The smallest absolute Gasteiger partial charge is 0.364 e. The number of aliphatic carboxylic acids is 1. The minimum absolute atomic E-state index is 0.226. The predicted octanol–water partition coefficient (Wildman–Crippen LogP) is 4.40. The first kappa shape index (κ1) is 22.4. The highest BCUT2D eigenvalue weighted by Gasteiger charge is 2.40. The van der Waals surface area contributed by atoms with E-state index in [4.69, 9.17) is 19.4 Å². The number of ether oxygens (including phenoxy) is 2. The van der Waals surface area contributed by atoms with Gasteiger partial charge in [-0.15, -0.1) is 0 Å². The zero-order chi connectivity index (χ0) is 20.4. The summed E-state index contributed by atoms with van der Waals surface area (Å²) in [7, 11) is 0. The van der Waals surface area contributed by atoms with Crippen molar-refractivity contribution in [3.63, 3.8) is 0 Å². The molecule has 0 amide bonds. The number of nitrogens with zero attached hydrogens (tertiary/aromatic N) is 1. The van der Waals surface area contributed by atoms with Crippen LogP contribution in [0.3, 0.4) is 0 Å². The Morgan fingerprint density at radius 3 is 2.50 bits per heavy atom. The minimum atomic E-state index is -1.50. The summed E-state index contributed by atoms with van der Waals surface area (Å²) in [5.41, 5.74) is 3.32. The van der Waals surface area contributed by atoms with Crippen LogP contribution in [0.5, 0.6) is 0 Å². The maximum absolute atomic E-state index is 11.1. The summed E-state index contributed by atoms with van der Waals surface area (Å²) in [6, 6.07) is 8.52. The minimum Gasteiger partial charge on any atom is -0.477 e. The summed E-state index contributed by atoms with van der Waals surface area (Å²) in [5.74, 6) is -2.35. The summed E-state index contributed by atoms with van der Waals surface area (Å²) >= 11 is 0. The van der Waals surface area contributed by atoms with Gasteiger partial charge in [-0.2, -0.15) is 0 Å². The fourth-order valence-electron chi connectivity index (χ4n) is 3.02. The highest BCUT2D eigenvalue weighted by atomic mass is 16.7. The van der Waals surface area contributed by atoms with Gasteiger partial charge in [0.15, 0.2) is 0 Å². The molecule has 0 aliphatic carbocycles. The summed E-state index contributed by atoms with van der Waals surface area (Å²) < 4.78 is 10.7. The lowest BCUT2D eigenvalue weighted by Crippen LogP contribution is -2.47. The number of rotatable bonds is 11. The second kappa shape index (κ2) is 11.2. The number of hydrogen-bond acceptors (Lipinski definition) is 5. The van der Waals surface area contributed by atoms with Crippen molar-refractivity contribution in [3.05, 3.63) is 35.4 Å². The van der Waals surface area contributed by atoms with Crippen LogP contribution in [0.1, 0.15) is 64.0 Å². The van der Waals surface area contributed by atoms with E-state index >= 15 is 0 Å². The number of benzene rings is 1. The molecule has 0 atom stereocenters. The van der Waals surface area contributed by atoms with Gasteiger partial charge in [0.25, 0.3) is 5.79 Å². The van der Waals surface area contributed by atoms with Gasteiger partial charge in [-0.3, -0.25) is 0 Å². The topological polar surface area (TPSA) is 77.4 Å². The Kier molecular flexibility index (Phi) is 8.93. The van der Waals surface area contributed by atoms with Crippen molar-refractivity contribution in [2.75, 3.05) is 19.8 Å². The molecule has 0 radical (unpaired) electrons.